The van der Waals surface area contributed by atoms with E-state index in [-0.39, 0.29) is 24.2 Å². The molecule has 1 atom stereocenters. The molecule has 2 fully saturated rings. The number of rotatable bonds is 3. The maximum Gasteiger partial charge on any atom is 0.410 e. The summed E-state index contributed by atoms with van der Waals surface area (Å²) in [4.78, 5) is 13.7. The number of nitrogens with zero attached hydrogens (tertiary/aromatic N) is 1. The van der Waals surface area contributed by atoms with Gasteiger partial charge in [-0.15, -0.1) is 0 Å². The zero-order valence-electron chi connectivity index (χ0n) is 12.1. The number of hydrogen-bond acceptors (Lipinski definition) is 4. The highest BCUT2D eigenvalue weighted by molar-refractivity contribution is 5.68. The fourth-order valence-electron chi connectivity index (χ4n) is 2.42. The number of aliphatic hydroxyl groups is 1. The van der Waals surface area contributed by atoms with Crippen LogP contribution in [0.4, 0.5) is 4.79 Å². The molecule has 0 aromatic heterocycles. The van der Waals surface area contributed by atoms with E-state index in [2.05, 4.69) is 0 Å². The summed E-state index contributed by atoms with van der Waals surface area (Å²) in [7, 11) is 0. The highest BCUT2D eigenvalue weighted by Gasteiger charge is 2.45. The van der Waals surface area contributed by atoms with Crippen LogP contribution < -0.4 is 0 Å². The van der Waals surface area contributed by atoms with Crippen LogP contribution in [0, 0.1) is 5.41 Å². The molecule has 0 aromatic carbocycles. The van der Waals surface area contributed by atoms with E-state index in [1.54, 1.807) is 4.90 Å². The summed E-state index contributed by atoms with van der Waals surface area (Å²) in [5.41, 5.74) is -0.407. The molecule has 1 unspecified atom stereocenters. The lowest BCUT2D eigenvalue weighted by atomic mass is 9.98. The van der Waals surface area contributed by atoms with Crippen LogP contribution in [0.3, 0.4) is 0 Å². The van der Waals surface area contributed by atoms with Gasteiger partial charge in [0.2, 0.25) is 0 Å². The molecule has 0 bridgehead atoms. The molecule has 5 nitrogen and oxygen atoms in total. The van der Waals surface area contributed by atoms with Gasteiger partial charge in [-0.1, -0.05) is 0 Å². The largest absolute Gasteiger partial charge is 0.444 e. The SMILES string of the molecule is CC(C)(C)OC(=O)N1CCOC(CC2(CO)CC2)C1. The Balaban J connectivity index is 1.85. The van der Waals surface area contributed by atoms with E-state index in [1.807, 2.05) is 20.8 Å². The van der Waals surface area contributed by atoms with Gasteiger partial charge in [0, 0.05) is 13.2 Å². The maximum atomic E-state index is 12.0. The number of aliphatic hydroxyl groups excluding tert-OH is 1. The summed E-state index contributed by atoms with van der Waals surface area (Å²) >= 11 is 0. The van der Waals surface area contributed by atoms with Crippen molar-refractivity contribution in [1.29, 1.82) is 0 Å². The van der Waals surface area contributed by atoms with E-state index in [1.165, 1.54) is 0 Å². The van der Waals surface area contributed by atoms with Crippen LogP contribution in [-0.2, 0) is 9.47 Å². The predicted molar refractivity (Wildman–Crippen MR) is 70.9 cm³/mol. The molecular formula is C14H25NO4. The standard InChI is InChI=1S/C14H25NO4/c1-13(2,3)19-12(17)15-6-7-18-11(9-15)8-14(10-16)4-5-14/h11,16H,4-10H2,1-3H3. The fraction of sp³-hybridized carbons (Fsp3) is 0.929. The van der Waals surface area contributed by atoms with Crippen molar-refractivity contribution in [3.05, 3.63) is 0 Å². The Bertz CT molecular complexity index is 333. The first-order valence-corrected chi connectivity index (χ1v) is 7.04. The van der Waals surface area contributed by atoms with Gasteiger partial charge in [-0.05, 0) is 45.4 Å². The fourth-order valence-corrected chi connectivity index (χ4v) is 2.42. The zero-order valence-corrected chi connectivity index (χ0v) is 12.1. The summed E-state index contributed by atoms with van der Waals surface area (Å²) in [6.45, 7) is 7.52. The normalized spacial score (nSPS) is 26.1. The third-order valence-electron chi connectivity index (χ3n) is 3.74. The number of hydrogen-bond donors (Lipinski definition) is 1. The Morgan fingerprint density at radius 2 is 2.16 bits per heavy atom. The minimum absolute atomic E-state index is 0.0240. The first kappa shape index (κ1) is 14.6. The maximum absolute atomic E-state index is 12.0. The molecule has 1 saturated heterocycles. The molecule has 0 spiro atoms. The Labute approximate surface area is 114 Å². The topological polar surface area (TPSA) is 59.0 Å². The van der Waals surface area contributed by atoms with Crippen LogP contribution in [0.15, 0.2) is 0 Å². The average molecular weight is 271 g/mol. The average Bonchev–Trinajstić information content (AvgIpc) is 3.08. The number of amides is 1. The van der Waals surface area contributed by atoms with Gasteiger partial charge in [-0.3, -0.25) is 0 Å². The van der Waals surface area contributed by atoms with Gasteiger partial charge in [0.05, 0.1) is 19.3 Å². The third-order valence-corrected chi connectivity index (χ3v) is 3.74. The smallest absolute Gasteiger partial charge is 0.410 e. The van der Waals surface area contributed by atoms with E-state index >= 15 is 0 Å². The van der Waals surface area contributed by atoms with Crippen molar-refractivity contribution < 1.29 is 19.4 Å². The Morgan fingerprint density at radius 1 is 1.47 bits per heavy atom. The molecular weight excluding hydrogens is 246 g/mol. The van der Waals surface area contributed by atoms with Gasteiger partial charge in [-0.2, -0.15) is 0 Å². The van der Waals surface area contributed by atoms with Crippen molar-refractivity contribution in [2.24, 2.45) is 5.41 Å². The molecule has 19 heavy (non-hydrogen) atoms. The van der Waals surface area contributed by atoms with Crippen LogP contribution in [-0.4, -0.2) is 54.1 Å². The minimum Gasteiger partial charge on any atom is -0.444 e. The molecule has 1 saturated carbocycles. The summed E-state index contributed by atoms with van der Waals surface area (Å²) < 4.78 is 11.1. The second-order valence-corrected chi connectivity index (χ2v) is 6.78. The highest BCUT2D eigenvalue weighted by atomic mass is 16.6. The van der Waals surface area contributed by atoms with Gasteiger partial charge >= 0.3 is 6.09 Å². The lowest BCUT2D eigenvalue weighted by Gasteiger charge is -2.35. The molecule has 110 valence electrons. The first-order chi connectivity index (χ1) is 8.84. The molecule has 1 aliphatic carbocycles. The summed E-state index contributed by atoms with van der Waals surface area (Å²) in [6.07, 6.45) is 2.72. The number of morpholine rings is 1. The van der Waals surface area contributed by atoms with Crippen LogP contribution in [0.25, 0.3) is 0 Å². The number of ether oxygens (including phenoxy) is 2. The Hall–Kier alpha value is -0.810. The second kappa shape index (κ2) is 5.29. The van der Waals surface area contributed by atoms with E-state index in [4.69, 9.17) is 9.47 Å². The van der Waals surface area contributed by atoms with Gasteiger partial charge in [0.1, 0.15) is 5.60 Å². The Morgan fingerprint density at radius 3 is 2.68 bits per heavy atom. The summed E-state index contributed by atoms with van der Waals surface area (Å²) in [5, 5.41) is 9.35. The van der Waals surface area contributed by atoms with Gasteiger partial charge in [0.25, 0.3) is 0 Å². The molecule has 2 aliphatic rings. The van der Waals surface area contributed by atoms with Crippen LogP contribution >= 0.6 is 0 Å². The lowest BCUT2D eigenvalue weighted by molar-refractivity contribution is -0.0538. The zero-order chi connectivity index (χ0) is 14.1. The lowest BCUT2D eigenvalue weighted by Crippen LogP contribution is -2.48. The molecule has 5 heteroatoms. The number of carbonyl (C=O) groups excluding carboxylic acids is 1. The molecule has 1 amide bonds. The summed E-state index contributed by atoms with van der Waals surface area (Å²) in [5.74, 6) is 0. The predicted octanol–water partition coefficient (Wildman–Crippen LogP) is 1.78. The van der Waals surface area contributed by atoms with Crippen molar-refractivity contribution >= 4 is 6.09 Å². The van der Waals surface area contributed by atoms with Crippen molar-refractivity contribution in [2.45, 2.75) is 51.7 Å². The van der Waals surface area contributed by atoms with Crippen LogP contribution in [0.1, 0.15) is 40.0 Å². The third kappa shape index (κ3) is 4.08. The monoisotopic (exact) mass is 271 g/mol. The van der Waals surface area contributed by atoms with E-state index in [0.29, 0.717) is 19.7 Å². The van der Waals surface area contributed by atoms with Gasteiger partial charge in [-0.25, -0.2) is 4.79 Å². The molecule has 1 heterocycles. The quantitative estimate of drug-likeness (QED) is 0.850. The minimum atomic E-state index is -0.465. The summed E-state index contributed by atoms with van der Waals surface area (Å²) in [6, 6.07) is 0. The van der Waals surface area contributed by atoms with Crippen molar-refractivity contribution in [3.8, 4) is 0 Å². The first-order valence-electron chi connectivity index (χ1n) is 7.04. The molecule has 1 aliphatic heterocycles. The second-order valence-electron chi connectivity index (χ2n) is 6.78. The van der Waals surface area contributed by atoms with E-state index < -0.39 is 5.60 Å². The van der Waals surface area contributed by atoms with Crippen molar-refractivity contribution in [1.82, 2.24) is 4.90 Å². The van der Waals surface area contributed by atoms with Gasteiger partial charge in [0.15, 0.2) is 0 Å². The molecule has 1 N–H and O–H groups in total. The van der Waals surface area contributed by atoms with Crippen LogP contribution in [0.5, 0.6) is 0 Å². The molecule has 2 rings (SSSR count). The van der Waals surface area contributed by atoms with E-state index in [9.17, 15) is 9.90 Å². The Kier molecular flexibility index (Phi) is 4.06. The number of carbonyl (C=O) groups is 1. The van der Waals surface area contributed by atoms with Crippen LogP contribution in [0.2, 0.25) is 0 Å². The molecule has 0 radical (unpaired) electrons. The van der Waals surface area contributed by atoms with Crippen molar-refractivity contribution in [3.63, 3.8) is 0 Å². The van der Waals surface area contributed by atoms with Gasteiger partial charge < -0.3 is 19.5 Å². The van der Waals surface area contributed by atoms with Crippen molar-refractivity contribution in [2.75, 3.05) is 26.3 Å². The molecule has 0 aromatic rings. The highest BCUT2D eigenvalue weighted by Crippen LogP contribution is 2.49. The van der Waals surface area contributed by atoms with E-state index in [0.717, 1.165) is 19.3 Å².